The lowest BCUT2D eigenvalue weighted by Gasteiger charge is -2.04. The van der Waals surface area contributed by atoms with Crippen molar-refractivity contribution in [3.05, 3.63) is 65.2 Å². The van der Waals surface area contributed by atoms with Gasteiger partial charge in [-0.1, -0.05) is 29.8 Å². The third-order valence-electron chi connectivity index (χ3n) is 2.15. The summed E-state index contributed by atoms with van der Waals surface area (Å²) in [6.45, 7) is 0. The Morgan fingerprint density at radius 1 is 0.895 bits per heavy atom. The van der Waals surface area contributed by atoms with Crippen molar-refractivity contribution < 1.29 is 17.9 Å². The first-order chi connectivity index (χ1) is 8.93. The number of methoxy groups -OCH3 is 1. The van der Waals surface area contributed by atoms with E-state index >= 15 is 0 Å². The van der Waals surface area contributed by atoms with Crippen molar-refractivity contribution in [1.82, 2.24) is 0 Å². The van der Waals surface area contributed by atoms with E-state index in [-0.39, 0.29) is 0 Å². The summed E-state index contributed by atoms with van der Waals surface area (Å²) in [5.74, 6) is 0.910. The Kier molecular flexibility index (Phi) is 5.70. The Hall–Kier alpha value is -1.68. The second-order valence-electron chi connectivity index (χ2n) is 3.52. The van der Waals surface area contributed by atoms with Crippen LogP contribution in [0.15, 0.2) is 54.6 Å². The minimum atomic E-state index is -4.27. The zero-order chi connectivity index (χ0) is 14.3. The van der Waals surface area contributed by atoms with Crippen molar-refractivity contribution in [3.8, 4) is 5.75 Å². The molecule has 102 valence electrons. The molecule has 0 aromatic heterocycles. The first-order valence-electron chi connectivity index (χ1n) is 5.35. The average molecular weight is 289 g/mol. The molecule has 19 heavy (non-hydrogen) atoms. The lowest BCUT2D eigenvalue weighted by Crippen LogP contribution is -2.03. The van der Waals surface area contributed by atoms with E-state index in [1.54, 1.807) is 7.11 Å². The number of hydrogen-bond donors (Lipinski definition) is 0. The summed E-state index contributed by atoms with van der Waals surface area (Å²) in [7, 11) is 1.66. The first kappa shape index (κ1) is 15.4. The SMILES string of the molecule is COc1ccccc1.FC(F)(F)c1ccc(Cl)cc1. The van der Waals surface area contributed by atoms with Gasteiger partial charge in [-0.25, -0.2) is 0 Å². The van der Waals surface area contributed by atoms with Gasteiger partial charge in [-0.2, -0.15) is 13.2 Å². The van der Waals surface area contributed by atoms with Gasteiger partial charge in [0.15, 0.2) is 0 Å². The molecule has 5 heteroatoms. The van der Waals surface area contributed by atoms with E-state index < -0.39 is 11.7 Å². The summed E-state index contributed by atoms with van der Waals surface area (Å²) in [5, 5.41) is 0.304. The van der Waals surface area contributed by atoms with Gasteiger partial charge in [-0.15, -0.1) is 0 Å². The van der Waals surface area contributed by atoms with Gasteiger partial charge in [0, 0.05) is 5.02 Å². The zero-order valence-corrected chi connectivity index (χ0v) is 10.9. The molecular formula is C14H12ClF3O. The highest BCUT2D eigenvalue weighted by Crippen LogP contribution is 2.29. The maximum absolute atomic E-state index is 11.9. The second kappa shape index (κ2) is 7.04. The van der Waals surface area contributed by atoms with E-state index in [1.165, 1.54) is 12.1 Å². The van der Waals surface area contributed by atoms with Crippen LogP contribution < -0.4 is 4.74 Å². The van der Waals surface area contributed by atoms with Crippen molar-refractivity contribution in [3.63, 3.8) is 0 Å². The standard InChI is InChI=1S/C7H4ClF3.C7H8O/c8-6-3-1-5(2-4-6)7(9,10)11;1-8-7-5-3-2-4-6-7/h1-4H;2-6H,1H3. The van der Waals surface area contributed by atoms with E-state index in [4.69, 9.17) is 16.3 Å². The number of hydrogen-bond acceptors (Lipinski definition) is 1. The maximum atomic E-state index is 11.9. The van der Waals surface area contributed by atoms with Crippen LogP contribution in [0, 0.1) is 0 Å². The molecule has 0 heterocycles. The molecule has 2 aromatic rings. The molecule has 0 bridgehead atoms. The van der Waals surface area contributed by atoms with Gasteiger partial charge in [0.05, 0.1) is 12.7 Å². The van der Waals surface area contributed by atoms with Crippen LogP contribution in [0.2, 0.25) is 5.02 Å². The van der Waals surface area contributed by atoms with Crippen LogP contribution in [0.25, 0.3) is 0 Å². The predicted octanol–water partition coefficient (Wildman–Crippen LogP) is 5.05. The highest BCUT2D eigenvalue weighted by molar-refractivity contribution is 6.30. The van der Waals surface area contributed by atoms with E-state index in [2.05, 4.69) is 0 Å². The Bertz CT molecular complexity index is 480. The highest BCUT2D eigenvalue weighted by Gasteiger charge is 2.29. The lowest BCUT2D eigenvalue weighted by atomic mass is 10.2. The molecule has 1 nitrogen and oxygen atoms in total. The quantitative estimate of drug-likeness (QED) is 0.713. The Morgan fingerprint density at radius 3 is 1.79 bits per heavy atom. The third-order valence-corrected chi connectivity index (χ3v) is 2.40. The normalized spacial score (nSPS) is 10.4. The molecule has 0 fully saturated rings. The minimum Gasteiger partial charge on any atom is -0.497 e. The van der Waals surface area contributed by atoms with Crippen molar-refractivity contribution >= 4 is 11.6 Å². The summed E-state index contributed by atoms with van der Waals surface area (Å²) in [6.07, 6.45) is -4.27. The summed E-state index contributed by atoms with van der Waals surface area (Å²) >= 11 is 5.39. The molecule has 0 aliphatic heterocycles. The Morgan fingerprint density at radius 2 is 1.42 bits per heavy atom. The van der Waals surface area contributed by atoms with Crippen LogP contribution in [-0.4, -0.2) is 7.11 Å². The summed E-state index contributed by atoms with van der Waals surface area (Å²) in [4.78, 5) is 0. The second-order valence-corrected chi connectivity index (χ2v) is 3.96. The van der Waals surface area contributed by atoms with Gasteiger partial charge in [-0.3, -0.25) is 0 Å². The topological polar surface area (TPSA) is 9.23 Å². The zero-order valence-electron chi connectivity index (χ0n) is 10.1. The van der Waals surface area contributed by atoms with Gasteiger partial charge in [0.25, 0.3) is 0 Å². The van der Waals surface area contributed by atoms with Crippen LogP contribution in [0.1, 0.15) is 5.56 Å². The largest absolute Gasteiger partial charge is 0.497 e. The fraction of sp³-hybridized carbons (Fsp3) is 0.143. The first-order valence-corrected chi connectivity index (χ1v) is 5.73. The van der Waals surface area contributed by atoms with Crippen molar-refractivity contribution in [2.24, 2.45) is 0 Å². The van der Waals surface area contributed by atoms with E-state index in [9.17, 15) is 13.2 Å². The molecular weight excluding hydrogens is 277 g/mol. The van der Waals surface area contributed by atoms with Crippen LogP contribution in [0.4, 0.5) is 13.2 Å². The van der Waals surface area contributed by atoms with Gasteiger partial charge < -0.3 is 4.74 Å². The highest BCUT2D eigenvalue weighted by atomic mass is 35.5. The molecule has 2 aromatic carbocycles. The Balaban J connectivity index is 0.000000200. The Labute approximate surface area is 114 Å². The minimum absolute atomic E-state index is 0.304. The lowest BCUT2D eigenvalue weighted by molar-refractivity contribution is -0.137. The molecule has 0 amide bonds. The van der Waals surface area contributed by atoms with Crippen molar-refractivity contribution in [2.75, 3.05) is 7.11 Å². The van der Waals surface area contributed by atoms with Crippen molar-refractivity contribution in [2.45, 2.75) is 6.18 Å². The van der Waals surface area contributed by atoms with Crippen LogP contribution in [0.5, 0.6) is 5.75 Å². The molecule has 0 N–H and O–H groups in total. The van der Waals surface area contributed by atoms with Gasteiger partial charge in [-0.05, 0) is 36.4 Å². The molecule has 0 saturated carbocycles. The molecule has 0 unspecified atom stereocenters. The number of rotatable bonds is 1. The predicted molar refractivity (Wildman–Crippen MR) is 69.4 cm³/mol. The van der Waals surface area contributed by atoms with Gasteiger partial charge in [0.1, 0.15) is 5.75 Å². The molecule has 0 aliphatic carbocycles. The molecule has 2 rings (SSSR count). The maximum Gasteiger partial charge on any atom is 0.416 e. The third kappa shape index (κ3) is 5.66. The summed E-state index contributed by atoms with van der Waals surface area (Å²) in [6, 6.07) is 14.0. The van der Waals surface area contributed by atoms with Crippen LogP contribution in [-0.2, 0) is 6.18 Å². The number of para-hydroxylation sites is 1. The fourth-order valence-corrected chi connectivity index (χ4v) is 1.32. The van der Waals surface area contributed by atoms with E-state index in [1.807, 2.05) is 30.3 Å². The van der Waals surface area contributed by atoms with E-state index in [0.29, 0.717) is 5.02 Å². The van der Waals surface area contributed by atoms with Crippen LogP contribution in [0.3, 0.4) is 0 Å². The number of benzene rings is 2. The van der Waals surface area contributed by atoms with E-state index in [0.717, 1.165) is 17.9 Å². The number of halogens is 4. The summed E-state index contributed by atoms with van der Waals surface area (Å²) < 4.78 is 40.5. The smallest absolute Gasteiger partial charge is 0.416 e. The number of alkyl halides is 3. The molecule has 0 aliphatic rings. The van der Waals surface area contributed by atoms with Gasteiger partial charge >= 0.3 is 6.18 Å². The van der Waals surface area contributed by atoms with Crippen LogP contribution >= 0.6 is 11.6 Å². The van der Waals surface area contributed by atoms with Crippen molar-refractivity contribution in [1.29, 1.82) is 0 Å². The molecule has 0 atom stereocenters. The average Bonchev–Trinajstić information content (AvgIpc) is 2.40. The fourth-order valence-electron chi connectivity index (χ4n) is 1.20. The molecule has 0 spiro atoms. The summed E-state index contributed by atoms with van der Waals surface area (Å²) in [5.41, 5.74) is -0.679. The molecule has 0 radical (unpaired) electrons. The monoisotopic (exact) mass is 288 g/mol. The number of ether oxygens (including phenoxy) is 1. The molecule has 0 saturated heterocycles. The van der Waals surface area contributed by atoms with Gasteiger partial charge in [0.2, 0.25) is 0 Å².